The van der Waals surface area contributed by atoms with E-state index < -0.39 is 11.4 Å². The van der Waals surface area contributed by atoms with Crippen LogP contribution < -0.4 is 15.4 Å². The SMILES string of the molecule is CC(=O)Nc1ccc(OCc2noc(C(=O)NC(C)(C)C)n2)cc1. The molecule has 0 atom stereocenters. The predicted molar refractivity (Wildman–Crippen MR) is 86.6 cm³/mol. The van der Waals surface area contributed by atoms with Gasteiger partial charge >= 0.3 is 11.8 Å². The maximum Gasteiger partial charge on any atom is 0.316 e. The van der Waals surface area contributed by atoms with Gasteiger partial charge in [-0.1, -0.05) is 5.16 Å². The maximum atomic E-state index is 11.9. The van der Waals surface area contributed by atoms with Gasteiger partial charge in [0, 0.05) is 18.2 Å². The van der Waals surface area contributed by atoms with E-state index in [4.69, 9.17) is 9.26 Å². The van der Waals surface area contributed by atoms with Crippen molar-refractivity contribution in [3.8, 4) is 5.75 Å². The number of carbonyl (C=O) groups is 2. The van der Waals surface area contributed by atoms with Crippen molar-refractivity contribution in [2.45, 2.75) is 39.8 Å². The summed E-state index contributed by atoms with van der Waals surface area (Å²) in [5, 5.41) is 9.11. The fourth-order valence-corrected chi connectivity index (χ4v) is 1.78. The third-order valence-corrected chi connectivity index (χ3v) is 2.69. The summed E-state index contributed by atoms with van der Waals surface area (Å²) >= 11 is 0. The number of nitrogens with zero attached hydrogens (tertiary/aromatic N) is 2. The van der Waals surface area contributed by atoms with Gasteiger partial charge in [0.05, 0.1) is 0 Å². The molecule has 2 amide bonds. The van der Waals surface area contributed by atoms with Crippen LogP contribution in [0, 0.1) is 0 Å². The Hall–Kier alpha value is -2.90. The Morgan fingerprint density at radius 3 is 2.46 bits per heavy atom. The van der Waals surface area contributed by atoms with Gasteiger partial charge in [0.15, 0.2) is 6.61 Å². The molecule has 0 spiro atoms. The Morgan fingerprint density at radius 2 is 1.88 bits per heavy atom. The summed E-state index contributed by atoms with van der Waals surface area (Å²) in [4.78, 5) is 26.8. The van der Waals surface area contributed by atoms with E-state index in [-0.39, 0.29) is 24.2 Å². The lowest BCUT2D eigenvalue weighted by Gasteiger charge is -2.18. The Balaban J connectivity index is 1.91. The first-order valence-corrected chi connectivity index (χ1v) is 7.38. The number of ether oxygens (including phenoxy) is 1. The Labute approximate surface area is 139 Å². The lowest BCUT2D eigenvalue weighted by molar-refractivity contribution is -0.114. The van der Waals surface area contributed by atoms with Crippen LogP contribution in [0.1, 0.15) is 44.2 Å². The number of hydrogen-bond donors (Lipinski definition) is 2. The molecule has 2 aromatic rings. The summed E-state index contributed by atoms with van der Waals surface area (Å²) in [6, 6.07) is 6.85. The van der Waals surface area contributed by atoms with Gasteiger partial charge in [-0.15, -0.1) is 0 Å². The lowest BCUT2D eigenvalue weighted by atomic mass is 10.1. The van der Waals surface area contributed by atoms with Crippen LogP contribution >= 0.6 is 0 Å². The van der Waals surface area contributed by atoms with Gasteiger partial charge in [-0.05, 0) is 45.0 Å². The maximum absolute atomic E-state index is 11.9. The summed E-state index contributed by atoms with van der Waals surface area (Å²) in [6.07, 6.45) is 0. The molecule has 0 saturated carbocycles. The van der Waals surface area contributed by atoms with Crippen molar-refractivity contribution in [1.82, 2.24) is 15.5 Å². The molecule has 0 bridgehead atoms. The average molecular weight is 332 g/mol. The first-order valence-electron chi connectivity index (χ1n) is 7.38. The van der Waals surface area contributed by atoms with Crippen LogP contribution in [0.3, 0.4) is 0 Å². The number of carbonyl (C=O) groups excluding carboxylic acids is 2. The minimum Gasteiger partial charge on any atom is -0.485 e. The second kappa shape index (κ2) is 7.12. The molecule has 0 unspecified atom stereocenters. The molecule has 1 aromatic carbocycles. The number of nitrogens with one attached hydrogen (secondary N) is 2. The molecule has 2 N–H and O–H groups in total. The zero-order chi connectivity index (χ0) is 17.7. The highest BCUT2D eigenvalue weighted by Gasteiger charge is 2.20. The second-order valence-corrected chi connectivity index (χ2v) is 6.21. The van der Waals surface area contributed by atoms with Crippen LogP contribution in [-0.2, 0) is 11.4 Å². The summed E-state index contributed by atoms with van der Waals surface area (Å²) in [6.45, 7) is 7.07. The van der Waals surface area contributed by atoms with Crippen molar-refractivity contribution in [3.05, 3.63) is 36.0 Å². The van der Waals surface area contributed by atoms with E-state index in [0.29, 0.717) is 11.4 Å². The van der Waals surface area contributed by atoms with Crippen LogP contribution in [0.4, 0.5) is 5.69 Å². The minimum absolute atomic E-state index is 0.0613. The first kappa shape index (κ1) is 17.5. The van der Waals surface area contributed by atoms with Crippen LogP contribution in [0.25, 0.3) is 0 Å². The second-order valence-electron chi connectivity index (χ2n) is 6.21. The fraction of sp³-hybridized carbons (Fsp3) is 0.375. The van der Waals surface area contributed by atoms with E-state index in [0.717, 1.165) is 0 Å². The normalized spacial score (nSPS) is 11.0. The third-order valence-electron chi connectivity index (χ3n) is 2.69. The molecule has 1 heterocycles. The van der Waals surface area contributed by atoms with Crippen molar-refractivity contribution in [2.24, 2.45) is 0 Å². The largest absolute Gasteiger partial charge is 0.485 e. The molecule has 8 heteroatoms. The van der Waals surface area contributed by atoms with Gasteiger partial charge in [0.1, 0.15) is 5.75 Å². The van der Waals surface area contributed by atoms with E-state index in [1.54, 1.807) is 24.3 Å². The van der Waals surface area contributed by atoms with Crippen molar-refractivity contribution in [3.63, 3.8) is 0 Å². The molecular weight excluding hydrogens is 312 g/mol. The number of rotatable bonds is 5. The van der Waals surface area contributed by atoms with Crippen molar-refractivity contribution >= 4 is 17.5 Å². The predicted octanol–water partition coefficient (Wildman–Crippen LogP) is 2.14. The highest BCUT2D eigenvalue weighted by Crippen LogP contribution is 2.16. The van der Waals surface area contributed by atoms with E-state index in [1.165, 1.54) is 6.92 Å². The number of aromatic nitrogens is 2. The van der Waals surface area contributed by atoms with Crippen LogP contribution in [-0.4, -0.2) is 27.5 Å². The lowest BCUT2D eigenvalue weighted by Crippen LogP contribution is -2.40. The number of anilines is 1. The van der Waals surface area contributed by atoms with Gasteiger partial charge in [-0.2, -0.15) is 4.98 Å². The standard InChI is InChI=1S/C16H20N4O4/c1-10(21)17-11-5-7-12(8-6-11)23-9-13-18-15(24-20-13)14(22)19-16(2,3)4/h5-8H,9H2,1-4H3,(H,17,21)(H,19,22). The van der Waals surface area contributed by atoms with E-state index >= 15 is 0 Å². The quantitative estimate of drug-likeness (QED) is 0.869. The molecule has 0 saturated heterocycles. The molecule has 0 aliphatic carbocycles. The van der Waals surface area contributed by atoms with Gasteiger partial charge < -0.3 is 19.9 Å². The van der Waals surface area contributed by atoms with Gasteiger partial charge in [0.25, 0.3) is 0 Å². The van der Waals surface area contributed by atoms with Crippen LogP contribution in [0.15, 0.2) is 28.8 Å². The molecule has 1 aromatic heterocycles. The Bertz CT molecular complexity index is 716. The van der Waals surface area contributed by atoms with E-state index in [9.17, 15) is 9.59 Å². The van der Waals surface area contributed by atoms with Gasteiger partial charge in [-0.25, -0.2) is 0 Å². The van der Waals surface area contributed by atoms with Gasteiger partial charge in [0.2, 0.25) is 11.7 Å². The molecular formula is C16H20N4O4. The molecule has 0 fully saturated rings. The number of hydrogen-bond acceptors (Lipinski definition) is 6. The molecule has 0 radical (unpaired) electrons. The highest BCUT2D eigenvalue weighted by atomic mass is 16.5. The zero-order valence-electron chi connectivity index (χ0n) is 14.0. The summed E-state index contributed by atoms with van der Waals surface area (Å²) in [7, 11) is 0. The minimum atomic E-state index is -0.430. The molecule has 24 heavy (non-hydrogen) atoms. The van der Waals surface area contributed by atoms with Crippen LogP contribution in [0.2, 0.25) is 0 Å². The van der Waals surface area contributed by atoms with E-state index in [2.05, 4.69) is 20.8 Å². The van der Waals surface area contributed by atoms with Crippen molar-refractivity contribution in [1.29, 1.82) is 0 Å². The van der Waals surface area contributed by atoms with Crippen molar-refractivity contribution < 1.29 is 18.8 Å². The Morgan fingerprint density at radius 1 is 1.21 bits per heavy atom. The smallest absolute Gasteiger partial charge is 0.316 e. The highest BCUT2D eigenvalue weighted by molar-refractivity contribution is 5.90. The molecule has 0 aliphatic rings. The summed E-state index contributed by atoms with van der Waals surface area (Å²) < 4.78 is 10.4. The number of benzene rings is 1. The Kier molecular flexibility index (Phi) is 5.18. The average Bonchev–Trinajstić information content (AvgIpc) is 2.93. The monoisotopic (exact) mass is 332 g/mol. The summed E-state index contributed by atoms with van der Waals surface area (Å²) in [5.41, 5.74) is 0.285. The molecule has 0 aliphatic heterocycles. The van der Waals surface area contributed by atoms with Crippen LogP contribution in [0.5, 0.6) is 5.75 Å². The number of amides is 2. The zero-order valence-corrected chi connectivity index (χ0v) is 14.0. The third kappa shape index (κ3) is 5.38. The van der Waals surface area contributed by atoms with E-state index in [1.807, 2.05) is 20.8 Å². The fourth-order valence-electron chi connectivity index (χ4n) is 1.78. The molecule has 128 valence electrons. The summed E-state index contributed by atoms with van der Waals surface area (Å²) in [5.74, 6) is 0.163. The van der Waals surface area contributed by atoms with Gasteiger partial charge in [-0.3, -0.25) is 9.59 Å². The van der Waals surface area contributed by atoms with Crippen molar-refractivity contribution in [2.75, 3.05) is 5.32 Å². The topological polar surface area (TPSA) is 106 Å². The molecule has 8 nitrogen and oxygen atoms in total. The first-order chi connectivity index (χ1) is 11.2. The molecule has 2 rings (SSSR count).